The molecule has 3 heteroatoms. The van der Waals surface area contributed by atoms with E-state index in [4.69, 9.17) is 0 Å². The largest absolute Gasteiger partial charge is 0.356 e. The van der Waals surface area contributed by atoms with Gasteiger partial charge < -0.3 is 10.6 Å². The predicted molar refractivity (Wildman–Crippen MR) is 74.1 cm³/mol. The van der Waals surface area contributed by atoms with E-state index in [1.54, 1.807) is 0 Å². The molecule has 0 aliphatic rings. The van der Waals surface area contributed by atoms with Gasteiger partial charge in [-0.2, -0.15) is 0 Å². The van der Waals surface area contributed by atoms with Crippen LogP contribution >= 0.6 is 0 Å². The van der Waals surface area contributed by atoms with Crippen LogP contribution in [0.2, 0.25) is 0 Å². The molecule has 0 bridgehead atoms. The summed E-state index contributed by atoms with van der Waals surface area (Å²) >= 11 is 0. The first kappa shape index (κ1) is 16.4. The van der Waals surface area contributed by atoms with Crippen LogP contribution in [-0.2, 0) is 4.79 Å². The normalized spacial score (nSPS) is 11.2. The minimum absolute atomic E-state index is 0.207. The molecule has 0 atom stereocenters. The molecule has 0 spiro atoms. The van der Waals surface area contributed by atoms with Crippen molar-refractivity contribution in [3.8, 4) is 0 Å². The Balaban J connectivity index is 3.23. The summed E-state index contributed by atoms with van der Waals surface area (Å²) in [4.78, 5) is 11.5. The molecule has 0 rings (SSSR count). The molecule has 0 aromatic carbocycles. The van der Waals surface area contributed by atoms with Crippen LogP contribution < -0.4 is 10.6 Å². The third-order valence-corrected chi connectivity index (χ3v) is 2.66. The number of nitrogens with one attached hydrogen (secondary N) is 2. The molecule has 0 saturated heterocycles. The van der Waals surface area contributed by atoms with Crippen molar-refractivity contribution in [2.45, 2.75) is 65.8 Å². The lowest BCUT2D eigenvalue weighted by molar-refractivity contribution is -0.121. The van der Waals surface area contributed by atoms with Crippen LogP contribution in [0, 0.1) is 5.92 Å². The van der Waals surface area contributed by atoms with Gasteiger partial charge in [0.1, 0.15) is 0 Å². The van der Waals surface area contributed by atoms with Crippen molar-refractivity contribution in [3.63, 3.8) is 0 Å². The van der Waals surface area contributed by atoms with Gasteiger partial charge in [-0.15, -0.1) is 0 Å². The van der Waals surface area contributed by atoms with E-state index >= 15 is 0 Å². The van der Waals surface area contributed by atoms with Crippen molar-refractivity contribution in [2.24, 2.45) is 5.92 Å². The van der Waals surface area contributed by atoms with Crippen LogP contribution in [0.3, 0.4) is 0 Å². The highest BCUT2D eigenvalue weighted by molar-refractivity contribution is 5.75. The molecule has 0 aromatic heterocycles. The van der Waals surface area contributed by atoms with E-state index in [0.29, 0.717) is 12.5 Å². The van der Waals surface area contributed by atoms with Crippen molar-refractivity contribution in [1.82, 2.24) is 10.6 Å². The quantitative estimate of drug-likeness (QED) is 0.578. The zero-order valence-electron chi connectivity index (χ0n) is 12.0. The summed E-state index contributed by atoms with van der Waals surface area (Å²) in [7, 11) is 0. The maximum atomic E-state index is 11.5. The first-order valence-electron chi connectivity index (χ1n) is 7.02. The number of amides is 1. The van der Waals surface area contributed by atoms with Crippen LogP contribution in [0.4, 0.5) is 0 Å². The summed E-state index contributed by atoms with van der Waals surface area (Å²) in [5.41, 5.74) is 0. The molecule has 0 radical (unpaired) electrons. The average molecular weight is 242 g/mol. The Morgan fingerprint density at radius 3 is 2.29 bits per heavy atom. The highest BCUT2D eigenvalue weighted by Crippen LogP contribution is 2.02. The first-order valence-corrected chi connectivity index (χ1v) is 7.02. The molecule has 0 heterocycles. The van der Waals surface area contributed by atoms with Gasteiger partial charge in [0.05, 0.1) is 0 Å². The van der Waals surface area contributed by atoms with Crippen LogP contribution in [-0.4, -0.2) is 25.0 Å². The van der Waals surface area contributed by atoms with Crippen LogP contribution in [0.5, 0.6) is 0 Å². The maximum Gasteiger partial charge on any atom is 0.219 e. The van der Waals surface area contributed by atoms with Crippen molar-refractivity contribution in [1.29, 1.82) is 0 Å². The first-order chi connectivity index (χ1) is 8.02. The molecule has 0 aromatic rings. The topological polar surface area (TPSA) is 41.1 Å². The van der Waals surface area contributed by atoms with Crippen LogP contribution in [0.1, 0.15) is 59.8 Å². The fraction of sp³-hybridized carbons (Fsp3) is 0.929. The monoisotopic (exact) mass is 242 g/mol. The summed E-state index contributed by atoms with van der Waals surface area (Å²) in [6, 6.07) is 0.542. The lowest BCUT2D eigenvalue weighted by Crippen LogP contribution is -2.26. The molecule has 0 unspecified atom stereocenters. The van der Waals surface area contributed by atoms with Gasteiger partial charge in [0.25, 0.3) is 0 Å². The molecule has 17 heavy (non-hydrogen) atoms. The van der Waals surface area contributed by atoms with E-state index in [9.17, 15) is 4.79 Å². The fourth-order valence-electron chi connectivity index (χ4n) is 1.63. The number of hydrogen-bond acceptors (Lipinski definition) is 2. The second-order valence-corrected chi connectivity index (χ2v) is 5.45. The van der Waals surface area contributed by atoms with Gasteiger partial charge in [-0.3, -0.25) is 4.79 Å². The summed E-state index contributed by atoms with van der Waals surface area (Å²) in [5, 5.41) is 6.33. The lowest BCUT2D eigenvalue weighted by atomic mass is 10.1. The number of carbonyl (C=O) groups excluding carboxylic acids is 1. The predicted octanol–water partition coefficient (Wildman–Crippen LogP) is 2.71. The highest BCUT2D eigenvalue weighted by atomic mass is 16.1. The molecule has 0 aliphatic heterocycles. The number of rotatable bonds is 10. The second kappa shape index (κ2) is 10.6. The minimum Gasteiger partial charge on any atom is -0.356 e. The number of hydrogen-bond donors (Lipinski definition) is 2. The molecular weight excluding hydrogens is 212 g/mol. The third kappa shape index (κ3) is 13.4. The van der Waals surface area contributed by atoms with E-state index in [2.05, 4.69) is 38.3 Å². The Bertz CT molecular complexity index is 191. The summed E-state index contributed by atoms with van der Waals surface area (Å²) in [6.45, 7) is 10.6. The smallest absolute Gasteiger partial charge is 0.219 e. The molecule has 3 nitrogen and oxygen atoms in total. The average Bonchev–Trinajstić information content (AvgIpc) is 2.23. The summed E-state index contributed by atoms with van der Waals surface area (Å²) in [6.07, 6.45) is 5.02. The van der Waals surface area contributed by atoms with E-state index < -0.39 is 0 Å². The van der Waals surface area contributed by atoms with Gasteiger partial charge in [-0.25, -0.2) is 0 Å². The molecular formula is C14H30N2O. The van der Waals surface area contributed by atoms with E-state index in [0.717, 1.165) is 38.3 Å². The minimum atomic E-state index is 0.207. The zero-order valence-corrected chi connectivity index (χ0v) is 12.0. The van der Waals surface area contributed by atoms with Crippen LogP contribution in [0.15, 0.2) is 0 Å². The summed E-state index contributed by atoms with van der Waals surface area (Å²) in [5.74, 6) is 0.937. The van der Waals surface area contributed by atoms with Crippen LogP contribution in [0.25, 0.3) is 0 Å². The Kier molecular flexibility index (Phi) is 10.2. The second-order valence-electron chi connectivity index (χ2n) is 5.45. The molecule has 1 amide bonds. The van der Waals surface area contributed by atoms with Gasteiger partial charge in [-0.05, 0) is 38.1 Å². The van der Waals surface area contributed by atoms with Crippen molar-refractivity contribution in [2.75, 3.05) is 13.1 Å². The SMILES string of the molecule is CC(C)CCCNC(=O)CCCCNC(C)C. The van der Waals surface area contributed by atoms with Crippen molar-refractivity contribution in [3.05, 3.63) is 0 Å². The van der Waals surface area contributed by atoms with E-state index in [1.165, 1.54) is 6.42 Å². The third-order valence-electron chi connectivity index (χ3n) is 2.66. The van der Waals surface area contributed by atoms with Crippen molar-refractivity contribution >= 4 is 5.91 Å². The highest BCUT2D eigenvalue weighted by Gasteiger charge is 2.01. The molecule has 0 aliphatic carbocycles. The van der Waals surface area contributed by atoms with Gasteiger partial charge in [-0.1, -0.05) is 27.7 Å². The van der Waals surface area contributed by atoms with E-state index in [1.807, 2.05) is 0 Å². The number of carbonyl (C=O) groups is 1. The molecule has 0 fully saturated rings. The Labute approximate surface area is 107 Å². The van der Waals surface area contributed by atoms with Gasteiger partial charge >= 0.3 is 0 Å². The molecule has 102 valence electrons. The summed E-state index contributed by atoms with van der Waals surface area (Å²) < 4.78 is 0. The lowest BCUT2D eigenvalue weighted by Gasteiger charge is -2.08. The Morgan fingerprint density at radius 1 is 1.00 bits per heavy atom. The Hall–Kier alpha value is -0.570. The molecule has 2 N–H and O–H groups in total. The van der Waals surface area contributed by atoms with Gasteiger partial charge in [0, 0.05) is 19.0 Å². The van der Waals surface area contributed by atoms with Gasteiger partial charge in [0.15, 0.2) is 0 Å². The Morgan fingerprint density at radius 2 is 1.71 bits per heavy atom. The van der Waals surface area contributed by atoms with Crippen molar-refractivity contribution < 1.29 is 4.79 Å². The molecule has 0 saturated carbocycles. The number of unbranched alkanes of at least 4 members (excludes halogenated alkanes) is 1. The van der Waals surface area contributed by atoms with E-state index in [-0.39, 0.29) is 5.91 Å². The fourth-order valence-corrected chi connectivity index (χ4v) is 1.63. The zero-order chi connectivity index (χ0) is 13.1. The standard InChI is InChI=1S/C14H30N2O/c1-12(2)8-7-11-16-14(17)9-5-6-10-15-13(3)4/h12-13,15H,5-11H2,1-4H3,(H,16,17). The van der Waals surface area contributed by atoms with Gasteiger partial charge in [0.2, 0.25) is 5.91 Å². The maximum absolute atomic E-state index is 11.5.